The zero-order chi connectivity index (χ0) is 17.2. The fourth-order valence-electron chi connectivity index (χ4n) is 3.48. The lowest BCUT2D eigenvalue weighted by Crippen LogP contribution is -2.35. The average Bonchev–Trinajstić information content (AvgIpc) is 2.93. The molecule has 0 saturated heterocycles. The van der Waals surface area contributed by atoms with Crippen molar-refractivity contribution in [2.75, 3.05) is 11.9 Å². The molecule has 0 bridgehead atoms. The van der Waals surface area contributed by atoms with Crippen LogP contribution in [0, 0.1) is 0 Å². The first-order valence-corrected chi connectivity index (χ1v) is 8.92. The maximum absolute atomic E-state index is 5.87. The molecule has 0 unspecified atom stereocenters. The van der Waals surface area contributed by atoms with E-state index in [1.807, 2.05) is 6.07 Å². The summed E-state index contributed by atoms with van der Waals surface area (Å²) in [7, 11) is 2.08. The molecule has 1 fully saturated rings. The smallest absolute Gasteiger partial charge is 0.129 e. The molecule has 0 radical (unpaired) electrons. The predicted octanol–water partition coefficient (Wildman–Crippen LogP) is 2.61. The van der Waals surface area contributed by atoms with E-state index in [4.69, 9.17) is 10.7 Å². The van der Waals surface area contributed by atoms with E-state index < -0.39 is 0 Å². The number of nitrogens with two attached hydrogens (primary N) is 1. The molecule has 1 saturated carbocycles. The number of nitrogens with one attached hydrogen (secondary N) is 1. The van der Waals surface area contributed by atoms with Crippen LogP contribution >= 0.6 is 0 Å². The second kappa shape index (κ2) is 6.80. The number of rotatable bonds is 6. The topological polar surface area (TPSA) is 81.7 Å². The van der Waals surface area contributed by atoms with Gasteiger partial charge in [-0.15, -0.1) is 0 Å². The average molecular weight is 336 g/mol. The largest absolute Gasteiger partial charge is 0.370 e. The molecule has 2 aromatic heterocycles. The highest BCUT2D eigenvalue weighted by Gasteiger charge is 2.28. The van der Waals surface area contributed by atoms with Gasteiger partial charge in [-0.1, -0.05) is 12.1 Å². The van der Waals surface area contributed by atoms with Crippen LogP contribution in [0.4, 0.5) is 5.82 Å². The van der Waals surface area contributed by atoms with Crippen LogP contribution in [0.15, 0.2) is 36.7 Å². The standard InChI is InChI=1S/C19H24N6/c1-25-17-6-3-2-5-15(17)24-19(25)7-4-8-21-18-11-16(22-12-23-18)13-9-14(20)10-13/h2-3,5-6,11-14H,4,7-10,20H2,1H3,(H,21,22,23). The van der Waals surface area contributed by atoms with Gasteiger partial charge in [0.25, 0.3) is 0 Å². The normalized spacial score (nSPS) is 19.8. The highest BCUT2D eigenvalue weighted by molar-refractivity contribution is 5.75. The van der Waals surface area contributed by atoms with E-state index in [9.17, 15) is 0 Å². The molecular formula is C19H24N6. The van der Waals surface area contributed by atoms with E-state index in [2.05, 4.69) is 51.2 Å². The second-order valence-corrected chi connectivity index (χ2v) is 6.86. The number of benzene rings is 1. The number of aromatic nitrogens is 4. The van der Waals surface area contributed by atoms with Crippen molar-refractivity contribution >= 4 is 16.9 Å². The third kappa shape index (κ3) is 3.35. The van der Waals surface area contributed by atoms with E-state index in [1.165, 1.54) is 5.52 Å². The molecule has 25 heavy (non-hydrogen) atoms. The third-order valence-electron chi connectivity index (χ3n) is 5.04. The summed E-state index contributed by atoms with van der Waals surface area (Å²) in [6.45, 7) is 0.865. The van der Waals surface area contributed by atoms with Gasteiger partial charge in [0.2, 0.25) is 0 Å². The minimum atomic E-state index is 0.338. The summed E-state index contributed by atoms with van der Waals surface area (Å²) in [6.07, 6.45) is 5.65. The van der Waals surface area contributed by atoms with E-state index >= 15 is 0 Å². The Balaban J connectivity index is 1.32. The molecule has 1 aliphatic carbocycles. The summed E-state index contributed by atoms with van der Waals surface area (Å²) < 4.78 is 2.18. The molecule has 0 aliphatic heterocycles. The third-order valence-corrected chi connectivity index (χ3v) is 5.04. The quantitative estimate of drug-likeness (QED) is 0.676. The lowest BCUT2D eigenvalue weighted by Gasteiger charge is -2.31. The monoisotopic (exact) mass is 336 g/mol. The van der Waals surface area contributed by atoms with E-state index in [1.54, 1.807) is 6.33 Å². The molecule has 0 spiro atoms. The SMILES string of the molecule is Cn1c(CCCNc2cc(C3CC(N)C3)ncn2)nc2ccccc21. The lowest BCUT2D eigenvalue weighted by molar-refractivity contribution is 0.345. The molecule has 0 atom stereocenters. The predicted molar refractivity (Wildman–Crippen MR) is 99.5 cm³/mol. The summed E-state index contributed by atoms with van der Waals surface area (Å²) in [5, 5.41) is 3.40. The molecule has 2 heterocycles. The van der Waals surface area contributed by atoms with Crippen molar-refractivity contribution in [1.29, 1.82) is 0 Å². The number of imidazole rings is 1. The van der Waals surface area contributed by atoms with Crippen LogP contribution in [0.25, 0.3) is 11.0 Å². The Morgan fingerprint density at radius 2 is 2.08 bits per heavy atom. The number of aryl methyl sites for hydroxylation is 2. The van der Waals surface area contributed by atoms with Gasteiger partial charge in [0.05, 0.1) is 11.0 Å². The number of hydrogen-bond acceptors (Lipinski definition) is 5. The number of anilines is 1. The molecule has 130 valence electrons. The Hall–Kier alpha value is -2.47. The second-order valence-electron chi connectivity index (χ2n) is 6.86. The molecule has 3 aromatic rings. The number of fused-ring (bicyclic) bond motifs is 1. The van der Waals surface area contributed by atoms with Crippen LogP contribution in [0.2, 0.25) is 0 Å². The first-order valence-electron chi connectivity index (χ1n) is 8.92. The van der Waals surface area contributed by atoms with Gasteiger partial charge >= 0.3 is 0 Å². The zero-order valence-corrected chi connectivity index (χ0v) is 14.5. The molecule has 3 N–H and O–H groups in total. The van der Waals surface area contributed by atoms with Gasteiger partial charge in [0.1, 0.15) is 18.0 Å². The molecule has 4 rings (SSSR count). The molecular weight excluding hydrogens is 312 g/mol. The minimum Gasteiger partial charge on any atom is -0.370 e. The Morgan fingerprint density at radius 3 is 2.88 bits per heavy atom. The summed E-state index contributed by atoms with van der Waals surface area (Å²) in [6, 6.07) is 10.7. The summed E-state index contributed by atoms with van der Waals surface area (Å²) in [4.78, 5) is 13.4. The van der Waals surface area contributed by atoms with Crippen LogP contribution in [0.5, 0.6) is 0 Å². The Labute approximate surface area is 147 Å². The number of hydrogen-bond donors (Lipinski definition) is 2. The molecule has 6 nitrogen and oxygen atoms in total. The highest BCUT2D eigenvalue weighted by atomic mass is 15.1. The Bertz CT molecular complexity index is 865. The molecule has 6 heteroatoms. The van der Waals surface area contributed by atoms with Gasteiger partial charge in [0, 0.05) is 43.7 Å². The summed E-state index contributed by atoms with van der Waals surface area (Å²) in [5.74, 6) is 2.52. The fourth-order valence-corrected chi connectivity index (χ4v) is 3.48. The van der Waals surface area contributed by atoms with Gasteiger partial charge in [-0.2, -0.15) is 0 Å². The van der Waals surface area contributed by atoms with Crippen molar-refractivity contribution in [1.82, 2.24) is 19.5 Å². The van der Waals surface area contributed by atoms with Crippen molar-refractivity contribution in [3.63, 3.8) is 0 Å². The first-order chi connectivity index (χ1) is 12.2. The summed E-state index contributed by atoms with van der Waals surface area (Å²) in [5.41, 5.74) is 9.22. The van der Waals surface area contributed by atoms with Gasteiger partial charge in [-0.25, -0.2) is 15.0 Å². The van der Waals surface area contributed by atoms with Crippen molar-refractivity contribution in [3.05, 3.63) is 48.2 Å². The van der Waals surface area contributed by atoms with Crippen molar-refractivity contribution in [2.45, 2.75) is 37.6 Å². The lowest BCUT2D eigenvalue weighted by atomic mass is 9.79. The van der Waals surface area contributed by atoms with Crippen LogP contribution < -0.4 is 11.1 Å². The minimum absolute atomic E-state index is 0.338. The van der Waals surface area contributed by atoms with Crippen molar-refractivity contribution < 1.29 is 0 Å². The van der Waals surface area contributed by atoms with Crippen LogP contribution in [-0.2, 0) is 13.5 Å². The van der Waals surface area contributed by atoms with Gasteiger partial charge in [0.15, 0.2) is 0 Å². The molecule has 1 aromatic carbocycles. The van der Waals surface area contributed by atoms with E-state index in [0.717, 1.165) is 55.1 Å². The molecule has 1 aliphatic rings. The zero-order valence-electron chi connectivity index (χ0n) is 14.5. The maximum atomic E-state index is 5.87. The van der Waals surface area contributed by atoms with Gasteiger partial charge < -0.3 is 15.6 Å². The van der Waals surface area contributed by atoms with Gasteiger partial charge in [-0.05, 0) is 31.4 Å². The fraction of sp³-hybridized carbons (Fsp3) is 0.421. The Morgan fingerprint density at radius 1 is 1.24 bits per heavy atom. The number of nitrogens with zero attached hydrogens (tertiary/aromatic N) is 4. The highest BCUT2D eigenvalue weighted by Crippen LogP contribution is 2.34. The molecule has 0 amide bonds. The van der Waals surface area contributed by atoms with Crippen LogP contribution in [0.3, 0.4) is 0 Å². The van der Waals surface area contributed by atoms with Crippen molar-refractivity contribution in [3.8, 4) is 0 Å². The van der Waals surface area contributed by atoms with Crippen molar-refractivity contribution in [2.24, 2.45) is 12.8 Å². The Kier molecular flexibility index (Phi) is 4.36. The number of para-hydroxylation sites is 2. The van der Waals surface area contributed by atoms with Crippen LogP contribution in [0.1, 0.15) is 36.7 Å². The van der Waals surface area contributed by atoms with E-state index in [-0.39, 0.29) is 0 Å². The first kappa shape index (κ1) is 16.0. The van der Waals surface area contributed by atoms with E-state index in [0.29, 0.717) is 12.0 Å². The van der Waals surface area contributed by atoms with Gasteiger partial charge in [-0.3, -0.25) is 0 Å². The summed E-state index contributed by atoms with van der Waals surface area (Å²) >= 11 is 0. The van der Waals surface area contributed by atoms with Crippen LogP contribution in [-0.4, -0.2) is 32.1 Å². The maximum Gasteiger partial charge on any atom is 0.129 e.